The number of nitrogens with one attached hydrogen (secondary N) is 1. The molecule has 20 heavy (non-hydrogen) atoms. The monoisotopic (exact) mass is 267 g/mol. The predicted molar refractivity (Wildman–Crippen MR) is 78.5 cm³/mol. The normalized spacial score (nSPS) is 15.1. The lowest BCUT2D eigenvalue weighted by atomic mass is 10.2. The minimum atomic E-state index is 0.692. The fraction of sp³-hybridized carbons (Fsp3) is 0.294. The van der Waals surface area contributed by atoms with Crippen LogP contribution in [0.25, 0.3) is 22.5 Å². The van der Waals surface area contributed by atoms with Crippen LogP contribution >= 0.6 is 0 Å². The second kappa shape index (κ2) is 4.53. The van der Waals surface area contributed by atoms with Gasteiger partial charge in [-0.3, -0.25) is 0 Å². The molecule has 1 aromatic carbocycles. The van der Waals surface area contributed by atoms with E-state index in [1.807, 2.05) is 24.3 Å². The van der Waals surface area contributed by atoms with Crippen molar-refractivity contribution in [2.75, 3.05) is 0 Å². The standard InChI is InChI=1S/C17H17NO2/c1-11-2-6-15-12(8-11)9-17(20-15)16-7-5-14(19-16)10-18-13-3-4-13/h2,5-9,13,18H,3-4,10H2,1H3. The van der Waals surface area contributed by atoms with Crippen molar-refractivity contribution in [3.05, 3.63) is 47.7 Å². The molecule has 0 radical (unpaired) electrons. The van der Waals surface area contributed by atoms with Gasteiger partial charge < -0.3 is 14.2 Å². The Kier molecular flexibility index (Phi) is 2.67. The minimum absolute atomic E-state index is 0.692. The summed E-state index contributed by atoms with van der Waals surface area (Å²) in [6, 6.07) is 12.9. The van der Waals surface area contributed by atoms with Crippen LogP contribution in [0.4, 0.5) is 0 Å². The predicted octanol–water partition coefficient (Wildman–Crippen LogP) is 4.25. The van der Waals surface area contributed by atoms with E-state index in [0.717, 1.165) is 34.8 Å². The van der Waals surface area contributed by atoms with Crippen LogP contribution in [0.1, 0.15) is 24.2 Å². The van der Waals surface area contributed by atoms with E-state index in [1.54, 1.807) is 0 Å². The zero-order chi connectivity index (χ0) is 13.5. The highest BCUT2D eigenvalue weighted by molar-refractivity contribution is 5.82. The van der Waals surface area contributed by atoms with E-state index >= 15 is 0 Å². The van der Waals surface area contributed by atoms with Crippen LogP contribution in [0.5, 0.6) is 0 Å². The summed E-state index contributed by atoms with van der Waals surface area (Å²) in [5.74, 6) is 2.55. The first-order valence-corrected chi connectivity index (χ1v) is 7.10. The fourth-order valence-electron chi connectivity index (χ4n) is 2.42. The van der Waals surface area contributed by atoms with Crippen LogP contribution in [0.15, 0.2) is 45.2 Å². The van der Waals surface area contributed by atoms with Crippen LogP contribution in [0.2, 0.25) is 0 Å². The molecule has 0 unspecified atom stereocenters. The second-order valence-electron chi connectivity index (χ2n) is 5.57. The Hall–Kier alpha value is -2.00. The van der Waals surface area contributed by atoms with Crippen molar-refractivity contribution in [1.82, 2.24) is 5.32 Å². The van der Waals surface area contributed by atoms with Gasteiger partial charge in [0.1, 0.15) is 11.3 Å². The number of fused-ring (bicyclic) bond motifs is 1. The van der Waals surface area contributed by atoms with Crippen molar-refractivity contribution >= 4 is 11.0 Å². The molecule has 1 N–H and O–H groups in total. The first-order chi connectivity index (χ1) is 9.78. The van der Waals surface area contributed by atoms with Gasteiger partial charge in [-0.15, -0.1) is 0 Å². The van der Waals surface area contributed by atoms with Crippen LogP contribution in [0, 0.1) is 6.92 Å². The Morgan fingerprint density at radius 3 is 2.80 bits per heavy atom. The van der Waals surface area contributed by atoms with Crippen molar-refractivity contribution in [2.45, 2.75) is 32.4 Å². The van der Waals surface area contributed by atoms with E-state index in [1.165, 1.54) is 18.4 Å². The van der Waals surface area contributed by atoms with Crippen molar-refractivity contribution in [2.24, 2.45) is 0 Å². The highest BCUT2D eigenvalue weighted by Gasteiger charge is 2.20. The Balaban J connectivity index is 1.60. The number of hydrogen-bond acceptors (Lipinski definition) is 3. The lowest BCUT2D eigenvalue weighted by Gasteiger charge is -1.97. The summed E-state index contributed by atoms with van der Waals surface area (Å²) in [5.41, 5.74) is 2.14. The highest BCUT2D eigenvalue weighted by Crippen LogP contribution is 2.30. The van der Waals surface area contributed by atoms with Crippen molar-refractivity contribution in [1.29, 1.82) is 0 Å². The summed E-state index contributed by atoms with van der Waals surface area (Å²) >= 11 is 0. The minimum Gasteiger partial charge on any atom is -0.456 e. The van der Waals surface area contributed by atoms with E-state index in [2.05, 4.69) is 24.4 Å². The van der Waals surface area contributed by atoms with Gasteiger partial charge in [0, 0.05) is 11.4 Å². The van der Waals surface area contributed by atoms with Crippen molar-refractivity contribution in [3.63, 3.8) is 0 Å². The number of hydrogen-bond donors (Lipinski definition) is 1. The average molecular weight is 267 g/mol. The van der Waals surface area contributed by atoms with E-state index in [-0.39, 0.29) is 0 Å². The second-order valence-corrected chi connectivity index (χ2v) is 5.57. The first-order valence-electron chi connectivity index (χ1n) is 7.10. The molecule has 2 heterocycles. The van der Waals surface area contributed by atoms with Crippen molar-refractivity contribution < 1.29 is 8.83 Å². The van der Waals surface area contributed by atoms with Crippen LogP contribution in [0.3, 0.4) is 0 Å². The van der Waals surface area contributed by atoms with Crippen LogP contribution < -0.4 is 5.32 Å². The van der Waals surface area contributed by atoms with Gasteiger partial charge in [-0.2, -0.15) is 0 Å². The average Bonchev–Trinajstić information content (AvgIpc) is 2.99. The van der Waals surface area contributed by atoms with Crippen LogP contribution in [-0.2, 0) is 6.54 Å². The van der Waals surface area contributed by atoms with Gasteiger partial charge in [0.2, 0.25) is 0 Å². The third-order valence-corrected chi connectivity index (χ3v) is 3.72. The Bertz CT molecular complexity index is 749. The molecule has 0 aliphatic heterocycles. The molecule has 3 heteroatoms. The molecule has 4 rings (SSSR count). The van der Waals surface area contributed by atoms with Crippen molar-refractivity contribution in [3.8, 4) is 11.5 Å². The maximum atomic E-state index is 5.85. The van der Waals surface area contributed by atoms with Gasteiger partial charge in [0.15, 0.2) is 11.5 Å². The summed E-state index contributed by atoms with van der Waals surface area (Å²) in [6.45, 7) is 2.88. The Morgan fingerprint density at radius 1 is 1.05 bits per heavy atom. The number of aryl methyl sites for hydroxylation is 1. The maximum absolute atomic E-state index is 5.85. The van der Waals surface area contributed by atoms with Crippen LogP contribution in [-0.4, -0.2) is 6.04 Å². The third-order valence-electron chi connectivity index (χ3n) is 3.72. The molecule has 0 bridgehead atoms. The lowest BCUT2D eigenvalue weighted by molar-refractivity contribution is 0.478. The summed E-state index contributed by atoms with van der Waals surface area (Å²) in [6.07, 6.45) is 2.58. The molecule has 1 fully saturated rings. The summed E-state index contributed by atoms with van der Waals surface area (Å²) < 4.78 is 11.7. The molecule has 1 aliphatic rings. The summed E-state index contributed by atoms with van der Waals surface area (Å²) in [5, 5.41) is 4.57. The SMILES string of the molecule is Cc1ccc2oc(-c3ccc(CNC4CC4)o3)cc2c1. The molecular weight excluding hydrogens is 250 g/mol. The van der Waals surface area contributed by atoms with Gasteiger partial charge in [0.25, 0.3) is 0 Å². The topological polar surface area (TPSA) is 38.3 Å². The molecule has 0 atom stereocenters. The molecule has 0 saturated heterocycles. The molecule has 1 saturated carbocycles. The molecule has 0 spiro atoms. The third kappa shape index (κ3) is 2.25. The lowest BCUT2D eigenvalue weighted by Crippen LogP contribution is -2.14. The smallest absolute Gasteiger partial charge is 0.170 e. The van der Waals surface area contributed by atoms with E-state index in [0.29, 0.717) is 6.04 Å². The van der Waals surface area contributed by atoms with Gasteiger partial charge in [0.05, 0.1) is 6.54 Å². The molecule has 0 amide bonds. The number of rotatable bonds is 4. The zero-order valence-electron chi connectivity index (χ0n) is 11.5. The number of benzene rings is 1. The molecule has 2 aromatic heterocycles. The Labute approximate surface area is 117 Å². The fourth-order valence-corrected chi connectivity index (χ4v) is 2.42. The zero-order valence-corrected chi connectivity index (χ0v) is 11.5. The largest absolute Gasteiger partial charge is 0.456 e. The quantitative estimate of drug-likeness (QED) is 0.767. The number of furan rings is 2. The van der Waals surface area contributed by atoms with Gasteiger partial charge in [-0.05, 0) is 50.1 Å². The van der Waals surface area contributed by atoms with E-state index in [9.17, 15) is 0 Å². The highest BCUT2D eigenvalue weighted by atomic mass is 16.4. The summed E-state index contributed by atoms with van der Waals surface area (Å²) in [4.78, 5) is 0. The molecule has 1 aliphatic carbocycles. The molecule has 3 nitrogen and oxygen atoms in total. The first kappa shape index (κ1) is 11.8. The Morgan fingerprint density at radius 2 is 1.95 bits per heavy atom. The van der Waals surface area contributed by atoms with E-state index in [4.69, 9.17) is 8.83 Å². The molecule has 102 valence electrons. The van der Waals surface area contributed by atoms with Gasteiger partial charge in [-0.25, -0.2) is 0 Å². The van der Waals surface area contributed by atoms with Gasteiger partial charge >= 0.3 is 0 Å². The van der Waals surface area contributed by atoms with Gasteiger partial charge in [-0.1, -0.05) is 11.6 Å². The molecular formula is C17H17NO2. The maximum Gasteiger partial charge on any atom is 0.170 e. The molecule has 3 aromatic rings. The van der Waals surface area contributed by atoms with E-state index < -0.39 is 0 Å². The summed E-state index contributed by atoms with van der Waals surface area (Å²) in [7, 11) is 0.